The second kappa shape index (κ2) is 8.28. The van der Waals surface area contributed by atoms with Gasteiger partial charge in [-0.15, -0.1) is 0 Å². The van der Waals surface area contributed by atoms with Crippen LogP contribution >= 0.6 is 0 Å². The summed E-state index contributed by atoms with van der Waals surface area (Å²) in [5.74, 6) is -0.554. The fraction of sp³-hybridized carbons (Fsp3) is 0.182. The van der Waals surface area contributed by atoms with Crippen molar-refractivity contribution >= 4 is 17.0 Å². The van der Waals surface area contributed by atoms with Crippen molar-refractivity contribution in [2.24, 2.45) is 0 Å². The van der Waals surface area contributed by atoms with E-state index in [2.05, 4.69) is 15.5 Å². The molecule has 4 rings (SSSR count). The summed E-state index contributed by atoms with van der Waals surface area (Å²) in [7, 11) is 0. The minimum Gasteiger partial charge on any atom is -0.352 e. The van der Waals surface area contributed by atoms with Crippen molar-refractivity contribution in [1.29, 1.82) is 0 Å². The third kappa shape index (κ3) is 4.12. The van der Waals surface area contributed by atoms with Crippen molar-refractivity contribution in [3.05, 3.63) is 82.2 Å². The van der Waals surface area contributed by atoms with E-state index in [9.17, 15) is 14.0 Å². The Labute approximate surface area is 171 Å². The number of aryl methyl sites for hydroxylation is 2. The highest BCUT2D eigenvalue weighted by molar-refractivity contribution is 5.88. The Morgan fingerprint density at radius 2 is 1.87 bits per heavy atom. The summed E-state index contributed by atoms with van der Waals surface area (Å²) < 4.78 is 19.5. The molecular weight excluding hydrogens is 387 g/mol. The molecule has 0 saturated carbocycles. The van der Waals surface area contributed by atoms with Crippen LogP contribution in [0.25, 0.3) is 22.4 Å². The van der Waals surface area contributed by atoms with Crippen molar-refractivity contribution in [3.8, 4) is 11.3 Å². The Balaban J connectivity index is 1.48. The molecule has 4 aromatic rings. The van der Waals surface area contributed by atoms with Gasteiger partial charge in [0.25, 0.3) is 11.3 Å². The number of nitrogens with one attached hydrogen (secondary N) is 1. The normalized spacial score (nSPS) is 11.0. The number of rotatable bonds is 6. The first kappa shape index (κ1) is 19.5. The summed E-state index contributed by atoms with van der Waals surface area (Å²) in [6, 6.07) is 13.5. The van der Waals surface area contributed by atoms with Gasteiger partial charge in [0.15, 0.2) is 0 Å². The third-order valence-electron chi connectivity index (χ3n) is 4.77. The highest BCUT2D eigenvalue weighted by atomic mass is 19.1. The molecule has 0 radical (unpaired) electrons. The molecule has 2 aromatic carbocycles. The maximum atomic E-state index is 12.9. The van der Waals surface area contributed by atoms with Crippen LogP contribution in [0.5, 0.6) is 0 Å². The molecule has 2 aromatic heterocycles. The average molecular weight is 406 g/mol. The van der Waals surface area contributed by atoms with Gasteiger partial charge in [-0.3, -0.25) is 14.2 Å². The number of benzene rings is 2. The maximum Gasteiger partial charge on any atom is 0.266 e. The molecule has 152 valence electrons. The predicted molar refractivity (Wildman–Crippen MR) is 109 cm³/mol. The van der Waals surface area contributed by atoms with E-state index in [4.69, 9.17) is 4.52 Å². The lowest BCUT2D eigenvalue weighted by molar-refractivity contribution is -0.121. The number of hydrogen-bond donors (Lipinski definition) is 1. The number of hydrogen-bond acceptors (Lipinski definition) is 5. The van der Waals surface area contributed by atoms with E-state index in [1.807, 2.05) is 31.2 Å². The first-order valence-corrected chi connectivity index (χ1v) is 9.44. The maximum absolute atomic E-state index is 12.9. The molecule has 7 nitrogen and oxygen atoms in total. The van der Waals surface area contributed by atoms with Gasteiger partial charge in [-0.25, -0.2) is 9.37 Å². The van der Waals surface area contributed by atoms with Crippen LogP contribution in [0, 0.1) is 12.7 Å². The Hall–Kier alpha value is -3.81. The molecule has 0 saturated heterocycles. The van der Waals surface area contributed by atoms with Crippen LogP contribution in [-0.2, 0) is 17.9 Å². The van der Waals surface area contributed by atoms with Crippen LogP contribution in [0.3, 0.4) is 0 Å². The molecule has 0 fully saturated rings. The van der Waals surface area contributed by atoms with Gasteiger partial charge in [0.2, 0.25) is 5.91 Å². The van der Waals surface area contributed by atoms with Crippen LogP contribution in [0.4, 0.5) is 4.39 Å². The van der Waals surface area contributed by atoms with Crippen molar-refractivity contribution < 1.29 is 13.7 Å². The first-order chi connectivity index (χ1) is 14.5. The fourth-order valence-electron chi connectivity index (χ4n) is 3.06. The topological polar surface area (TPSA) is 90.0 Å². The summed E-state index contributed by atoms with van der Waals surface area (Å²) >= 11 is 0. The summed E-state index contributed by atoms with van der Waals surface area (Å²) in [5, 5.41) is 7.04. The Kier molecular flexibility index (Phi) is 5.38. The summed E-state index contributed by atoms with van der Waals surface area (Å²) in [4.78, 5) is 29.2. The highest BCUT2D eigenvalue weighted by Gasteiger charge is 2.17. The number of carbonyl (C=O) groups is 1. The number of nitrogens with zero attached hydrogens (tertiary/aromatic N) is 3. The predicted octanol–water partition coefficient (Wildman–Crippen LogP) is 3.21. The minimum atomic E-state index is -0.328. The monoisotopic (exact) mass is 406 g/mol. The minimum absolute atomic E-state index is 0.0967. The largest absolute Gasteiger partial charge is 0.352 e. The van der Waals surface area contributed by atoms with E-state index in [0.29, 0.717) is 5.69 Å². The summed E-state index contributed by atoms with van der Waals surface area (Å²) in [6.45, 7) is 2.42. The van der Waals surface area contributed by atoms with Crippen molar-refractivity contribution in [1.82, 2.24) is 20.0 Å². The van der Waals surface area contributed by atoms with Gasteiger partial charge < -0.3 is 9.84 Å². The number of aromatic nitrogens is 3. The zero-order valence-electron chi connectivity index (χ0n) is 16.3. The van der Waals surface area contributed by atoms with Crippen LogP contribution in [0.2, 0.25) is 0 Å². The molecule has 1 amide bonds. The Bertz CT molecular complexity index is 1240. The smallest absolute Gasteiger partial charge is 0.266 e. The lowest BCUT2D eigenvalue weighted by Gasteiger charge is -2.07. The standard InChI is InChI=1S/C22H19FN4O3/c1-14-2-6-16(7-3-14)20-19-21(30-26-20)25-13-27(22(19)29)11-10-18(28)24-12-15-4-8-17(23)9-5-15/h2-9,13H,10-12H2,1H3,(H,24,28). The van der Waals surface area contributed by atoms with E-state index < -0.39 is 0 Å². The van der Waals surface area contributed by atoms with Crippen molar-refractivity contribution in [2.75, 3.05) is 0 Å². The lowest BCUT2D eigenvalue weighted by Crippen LogP contribution is -2.27. The molecule has 0 atom stereocenters. The van der Waals surface area contributed by atoms with Gasteiger partial charge in [0.1, 0.15) is 23.2 Å². The van der Waals surface area contributed by atoms with Gasteiger partial charge >= 0.3 is 0 Å². The highest BCUT2D eigenvalue weighted by Crippen LogP contribution is 2.24. The number of carbonyl (C=O) groups excluding carboxylic acids is 1. The lowest BCUT2D eigenvalue weighted by atomic mass is 10.1. The van der Waals surface area contributed by atoms with E-state index in [-0.39, 0.29) is 47.9 Å². The van der Waals surface area contributed by atoms with Crippen LogP contribution in [0.15, 0.2) is 64.2 Å². The zero-order valence-corrected chi connectivity index (χ0v) is 16.3. The molecule has 0 aliphatic carbocycles. The third-order valence-corrected chi connectivity index (χ3v) is 4.77. The average Bonchev–Trinajstić information content (AvgIpc) is 3.18. The van der Waals surface area contributed by atoms with Crippen molar-refractivity contribution in [2.45, 2.75) is 26.4 Å². The van der Waals surface area contributed by atoms with Gasteiger partial charge in [0.05, 0.1) is 0 Å². The van der Waals surface area contributed by atoms with Crippen molar-refractivity contribution in [3.63, 3.8) is 0 Å². The van der Waals surface area contributed by atoms with Gasteiger partial charge in [0, 0.05) is 25.1 Å². The second-order valence-corrected chi connectivity index (χ2v) is 6.97. The SMILES string of the molecule is Cc1ccc(-c2noc3ncn(CCC(=O)NCc4ccc(F)cc4)c(=O)c23)cc1. The number of amides is 1. The number of halogens is 1. The molecule has 0 bridgehead atoms. The van der Waals surface area contributed by atoms with Gasteiger partial charge in [-0.1, -0.05) is 47.1 Å². The molecule has 0 aliphatic heterocycles. The second-order valence-electron chi connectivity index (χ2n) is 6.97. The van der Waals surface area contributed by atoms with E-state index in [1.165, 1.54) is 23.0 Å². The van der Waals surface area contributed by atoms with Gasteiger partial charge in [-0.05, 0) is 24.6 Å². The summed E-state index contributed by atoms with van der Waals surface area (Å²) in [5.41, 5.74) is 2.91. The molecular formula is C22H19FN4O3. The molecule has 0 unspecified atom stereocenters. The van der Waals surface area contributed by atoms with Crippen LogP contribution in [0.1, 0.15) is 17.5 Å². The number of fused-ring (bicyclic) bond motifs is 1. The first-order valence-electron chi connectivity index (χ1n) is 9.44. The molecule has 0 aliphatic rings. The molecule has 30 heavy (non-hydrogen) atoms. The van der Waals surface area contributed by atoms with Gasteiger partial charge in [-0.2, -0.15) is 0 Å². The van der Waals surface area contributed by atoms with Crippen LogP contribution in [-0.4, -0.2) is 20.6 Å². The Morgan fingerprint density at radius 3 is 2.60 bits per heavy atom. The fourth-order valence-corrected chi connectivity index (χ4v) is 3.06. The quantitative estimate of drug-likeness (QED) is 0.531. The van der Waals surface area contributed by atoms with E-state index in [0.717, 1.165) is 16.7 Å². The van der Waals surface area contributed by atoms with E-state index >= 15 is 0 Å². The molecule has 0 spiro atoms. The zero-order chi connectivity index (χ0) is 21.1. The van der Waals surface area contributed by atoms with E-state index in [1.54, 1.807) is 12.1 Å². The summed E-state index contributed by atoms with van der Waals surface area (Å²) in [6.07, 6.45) is 1.45. The molecule has 8 heteroatoms. The molecule has 1 N–H and O–H groups in total. The van der Waals surface area contributed by atoms with Crippen LogP contribution < -0.4 is 10.9 Å². The molecule has 2 heterocycles. The Morgan fingerprint density at radius 1 is 1.13 bits per heavy atom.